The Labute approximate surface area is 386 Å². The van der Waals surface area contributed by atoms with Crippen LogP contribution in [0.2, 0.25) is 0 Å². The van der Waals surface area contributed by atoms with Gasteiger partial charge in [-0.25, -0.2) is 0 Å². The van der Waals surface area contributed by atoms with Crippen molar-refractivity contribution >= 4 is 82.9 Å². The van der Waals surface area contributed by atoms with Crippen molar-refractivity contribution < 1.29 is 13.3 Å². The Morgan fingerprint density at radius 1 is 0.328 bits per heavy atom. The lowest BCUT2D eigenvalue weighted by Crippen LogP contribution is -2.14. The van der Waals surface area contributed by atoms with Crippen molar-refractivity contribution in [1.29, 1.82) is 0 Å². The first-order valence-electron chi connectivity index (χ1n) is 23.0. The quantitative estimate of drug-likeness (QED) is 0.167. The topological polar surface area (TPSA) is 42.7 Å². The molecule has 3 heterocycles. The fourth-order valence-electron chi connectivity index (χ4n) is 11.0. The maximum Gasteiger partial charge on any atom is 0.144 e. The Bertz CT molecular complexity index is 4110. The zero-order valence-electron chi connectivity index (χ0n) is 36.9. The number of nitrogens with zero attached hydrogens (tertiary/aromatic N) is 1. The van der Waals surface area contributed by atoms with Crippen molar-refractivity contribution in [3.05, 3.63) is 223 Å². The van der Waals surface area contributed by atoms with Gasteiger partial charge in [0.15, 0.2) is 0 Å². The van der Waals surface area contributed by atoms with Crippen LogP contribution in [0.25, 0.3) is 110 Å². The van der Waals surface area contributed by atoms with E-state index >= 15 is 0 Å². The number of fused-ring (bicyclic) bond motifs is 12. The van der Waals surface area contributed by atoms with Crippen molar-refractivity contribution in [3.63, 3.8) is 0 Å². The van der Waals surface area contributed by atoms with Crippen LogP contribution in [0, 0.1) is 0 Å². The highest BCUT2D eigenvalue weighted by Gasteiger charge is 2.36. The highest BCUT2D eigenvalue weighted by atomic mass is 16.3. The molecule has 0 spiro atoms. The summed E-state index contributed by atoms with van der Waals surface area (Å²) in [6.45, 7) is 4.67. The van der Waals surface area contributed by atoms with Crippen LogP contribution in [0.1, 0.15) is 25.0 Å². The van der Waals surface area contributed by atoms with E-state index in [-0.39, 0.29) is 5.41 Å². The molecule has 4 heteroatoms. The molecule has 1 aliphatic carbocycles. The minimum Gasteiger partial charge on any atom is -0.456 e. The summed E-state index contributed by atoms with van der Waals surface area (Å²) in [5.74, 6) is 0. The lowest BCUT2D eigenvalue weighted by atomic mass is 9.81. The van der Waals surface area contributed by atoms with E-state index in [1.165, 1.54) is 27.8 Å². The molecule has 0 saturated heterocycles. The number of benzene rings is 10. The molecule has 0 aliphatic heterocycles. The van der Waals surface area contributed by atoms with Crippen LogP contribution in [0.4, 0.5) is 17.1 Å². The molecule has 14 rings (SSSR count). The number of anilines is 3. The molecule has 0 unspecified atom stereocenters. The zero-order chi connectivity index (χ0) is 44.4. The van der Waals surface area contributed by atoms with Crippen molar-refractivity contribution in [2.75, 3.05) is 4.90 Å². The van der Waals surface area contributed by atoms with Gasteiger partial charge < -0.3 is 18.2 Å². The van der Waals surface area contributed by atoms with Crippen LogP contribution in [0.3, 0.4) is 0 Å². The molecule has 316 valence electrons. The summed E-state index contributed by atoms with van der Waals surface area (Å²) < 4.78 is 20.2. The number of hydrogen-bond acceptors (Lipinski definition) is 4. The van der Waals surface area contributed by atoms with Crippen LogP contribution in [0.5, 0.6) is 0 Å². The molecule has 0 bridgehead atoms. The van der Waals surface area contributed by atoms with Crippen LogP contribution in [0.15, 0.2) is 226 Å². The second kappa shape index (κ2) is 14.2. The number of hydrogen-bond donors (Lipinski definition) is 0. The van der Waals surface area contributed by atoms with Gasteiger partial charge in [0.25, 0.3) is 0 Å². The van der Waals surface area contributed by atoms with Crippen LogP contribution < -0.4 is 4.90 Å². The summed E-state index contributed by atoms with van der Waals surface area (Å²) >= 11 is 0. The predicted octanol–water partition coefficient (Wildman–Crippen LogP) is 18.2. The average molecular weight is 860 g/mol. The average Bonchev–Trinajstić information content (AvgIpc) is 4.12. The predicted molar refractivity (Wildman–Crippen MR) is 277 cm³/mol. The molecule has 1 aliphatic rings. The van der Waals surface area contributed by atoms with Crippen LogP contribution in [-0.2, 0) is 5.41 Å². The SMILES string of the molecule is CC1(C)c2ccccc2-c2ccc(-c3c4oc5ccc(N(c6ccc(-c7ccccc7)cc6)c6ccc(-c7cccc8c7oc7ccccc78)cc6)cc5c4cc4oc5ccccc5c34)cc21. The Kier molecular flexibility index (Phi) is 8.00. The summed E-state index contributed by atoms with van der Waals surface area (Å²) in [4.78, 5) is 2.33. The molecule has 0 amide bonds. The fourth-order valence-corrected chi connectivity index (χ4v) is 11.0. The molecule has 13 aromatic rings. The van der Waals surface area contributed by atoms with Crippen molar-refractivity contribution in [3.8, 4) is 44.5 Å². The monoisotopic (exact) mass is 859 g/mol. The van der Waals surface area contributed by atoms with Gasteiger partial charge in [-0.2, -0.15) is 0 Å². The largest absolute Gasteiger partial charge is 0.456 e. The zero-order valence-corrected chi connectivity index (χ0v) is 36.9. The third-order valence-corrected chi connectivity index (χ3v) is 14.3. The van der Waals surface area contributed by atoms with Crippen molar-refractivity contribution in [2.45, 2.75) is 19.3 Å². The van der Waals surface area contributed by atoms with Crippen LogP contribution >= 0.6 is 0 Å². The Morgan fingerprint density at radius 3 is 1.72 bits per heavy atom. The van der Waals surface area contributed by atoms with E-state index in [1.807, 2.05) is 18.2 Å². The first kappa shape index (κ1) is 37.7. The molecule has 67 heavy (non-hydrogen) atoms. The van der Waals surface area contributed by atoms with Gasteiger partial charge in [0, 0.05) is 65.9 Å². The third kappa shape index (κ3) is 5.66. The Morgan fingerprint density at radius 2 is 0.910 bits per heavy atom. The summed E-state index contributed by atoms with van der Waals surface area (Å²) in [7, 11) is 0. The van der Waals surface area contributed by atoms with Gasteiger partial charge in [0.05, 0.1) is 0 Å². The summed E-state index contributed by atoms with van der Waals surface area (Å²) in [6.07, 6.45) is 0. The second-order valence-electron chi connectivity index (χ2n) is 18.4. The summed E-state index contributed by atoms with van der Waals surface area (Å²) in [5.41, 5.74) is 20.0. The fraction of sp³-hybridized carbons (Fsp3) is 0.0476. The molecular formula is C63H41NO3. The minimum absolute atomic E-state index is 0.155. The highest BCUT2D eigenvalue weighted by Crippen LogP contribution is 2.52. The standard InChI is InChI=1S/C63H41NO3/c1-63(2)53-20-9-6-15-46(53)47-33-27-41(35-54(47)63)59-60-50-17-8-11-22-56(50)65-58(60)37-52-51-36-44(32-34-57(51)67-62(52)59)64(42-28-23-39(24-29-42)38-13-4-3-5-14-38)43-30-25-40(26-31-43)45-18-12-19-49-48-16-7-10-21-55(48)66-61(45)49/h3-37H,1-2H3. The maximum absolute atomic E-state index is 7.06. The smallest absolute Gasteiger partial charge is 0.144 e. The molecule has 10 aromatic carbocycles. The van der Waals surface area contributed by atoms with Gasteiger partial charge in [-0.1, -0.05) is 159 Å². The second-order valence-corrected chi connectivity index (χ2v) is 18.4. The summed E-state index contributed by atoms with van der Waals surface area (Å²) in [5, 5.41) is 6.40. The molecule has 0 saturated carbocycles. The van der Waals surface area contributed by atoms with E-state index in [0.717, 1.165) is 111 Å². The van der Waals surface area contributed by atoms with E-state index in [1.54, 1.807) is 0 Å². The van der Waals surface area contributed by atoms with Gasteiger partial charge in [0.2, 0.25) is 0 Å². The molecule has 3 aromatic heterocycles. The maximum atomic E-state index is 7.06. The Balaban J connectivity index is 0.951. The molecule has 0 atom stereocenters. The highest BCUT2D eigenvalue weighted by molar-refractivity contribution is 6.24. The molecule has 0 fully saturated rings. The lowest BCUT2D eigenvalue weighted by molar-refractivity contribution is 0.660. The van der Waals surface area contributed by atoms with Gasteiger partial charge in [-0.3, -0.25) is 0 Å². The van der Waals surface area contributed by atoms with Gasteiger partial charge in [-0.15, -0.1) is 0 Å². The third-order valence-electron chi connectivity index (χ3n) is 14.3. The number of rotatable bonds is 6. The van der Waals surface area contributed by atoms with Gasteiger partial charge >= 0.3 is 0 Å². The molecular weight excluding hydrogens is 819 g/mol. The van der Waals surface area contributed by atoms with Gasteiger partial charge in [-0.05, 0) is 111 Å². The van der Waals surface area contributed by atoms with E-state index in [2.05, 4.69) is 213 Å². The number of furan rings is 3. The lowest BCUT2D eigenvalue weighted by Gasteiger charge is -2.26. The first-order chi connectivity index (χ1) is 33.0. The molecule has 0 radical (unpaired) electrons. The number of para-hydroxylation sites is 3. The normalized spacial score (nSPS) is 13.0. The van der Waals surface area contributed by atoms with E-state index in [4.69, 9.17) is 13.3 Å². The van der Waals surface area contributed by atoms with E-state index in [0.29, 0.717) is 0 Å². The molecule has 0 N–H and O–H groups in total. The molecule has 4 nitrogen and oxygen atoms in total. The van der Waals surface area contributed by atoms with E-state index in [9.17, 15) is 0 Å². The van der Waals surface area contributed by atoms with Gasteiger partial charge in [0.1, 0.15) is 33.5 Å². The van der Waals surface area contributed by atoms with Crippen LogP contribution in [-0.4, -0.2) is 0 Å². The van der Waals surface area contributed by atoms with E-state index < -0.39 is 0 Å². The van der Waals surface area contributed by atoms with Crippen molar-refractivity contribution in [1.82, 2.24) is 0 Å². The summed E-state index contributed by atoms with van der Waals surface area (Å²) in [6, 6.07) is 75.8. The Hall–Kier alpha value is -8.60. The first-order valence-corrected chi connectivity index (χ1v) is 23.0. The van der Waals surface area contributed by atoms with Crippen molar-refractivity contribution in [2.24, 2.45) is 0 Å². The minimum atomic E-state index is -0.155.